The fraction of sp³-hybridized carbons (Fsp3) is 0.417. The van der Waals surface area contributed by atoms with Crippen molar-refractivity contribution in [2.24, 2.45) is 0 Å². The molecule has 0 aliphatic carbocycles. The number of carbonyl (C=O) groups excluding carboxylic acids is 2. The van der Waals surface area contributed by atoms with Crippen molar-refractivity contribution >= 4 is 27.5 Å². The lowest BCUT2D eigenvalue weighted by Crippen LogP contribution is -2.52. The Bertz CT molecular complexity index is 1010. The number of amides is 2. The molecule has 0 saturated heterocycles. The van der Waals surface area contributed by atoms with Crippen LogP contribution in [-0.4, -0.2) is 64.2 Å². The summed E-state index contributed by atoms with van der Waals surface area (Å²) in [6.07, 6.45) is 2.37. The van der Waals surface area contributed by atoms with Gasteiger partial charge in [0.05, 0.1) is 19.1 Å². The van der Waals surface area contributed by atoms with Gasteiger partial charge < -0.3 is 15.0 Å². The lowest BCUT2D eigenvalue weighted by molar-refractivity contribution is -0.138. The average molecular weight is 476 g/mol. The van der Waals surface area contributed by atoms with Crippen molar-refractivity contribution in [3.8, 4) is 5.75 Å². The van der Waals surface area contributed by atoms with E-state index < -0.39 is 28.5 Å². The number of anilines is 1. The summed E-state index contributed by atoms with van der Waals surface area (Å²) >= 11 is 0. The van der Waals surface area contributed by atoms with Crippen LogP contribution in [0.25, 0.3) is 0 Å². The Morgan fingerprint density at radius 3 is 2.24 bits per heavy atom. The summed E-state index contributed by atoms with van der Waals surface area (Å²) in [5.41, 5.74) is 1.37. The molecule has 0 aliphatic heterocycles. The first-order valence-electron chi connectivity index (χ1n) is 10.9. The number of nitrogens with zero attached hydrogens (tertiary/aromatic N) is 2. The molecule has 0 spiro atoms. The topological polar surface area (TPSA) is 96.0 Å². The van der Waals surface area contributed by atoms with Gasteiger partial charge in [0.1, 0.15) is 18.3 Å². The molecule has 0 aromatic heterocycles. The van der Waals surface area contributed by atoms with Gasteiger partial charge in [0.15, 0.2) is 0 Å². The predicted molar refractivity (Wildman–Crippen MR) is 130 cm³/mol. The van der Waals surface area contributed by atoms with E-state index in [0.717, 1.165) is 22.5 Å². The summed E-state index contributed by atoms with van der Waals surface area (Å²) in [6, 6.07) is 15.3. The van der Waals surface area contributed by atoms with Crippen LogP contribution in [0.5, 0.6) is 5.75 Å². The van der Waals surface area contributed by atoms with Crippen molar-refractivity contribution in [2.75, 3.05) is 37.3 Å². The monoisotopic (exact) mass is 475 g/mol. The second-order valence-corrected chi connectivity index (χ2v) is 9.66. The summed E-state index contributed by atoms with van der Waals surface area (Å²) in [5, 5.41) is 2.81. The number of rotatable bonds is 12. The smallest absolute Gasteiger partial charge is 0.244 e. The molecule has 1 N–H and O–H groups in total. The number of nitrogens with one attached hydrogen (secondary N) is 1. The van der Waals surface area contributed by atoms with Crippen molar-refractivity contribution in [2.45, 2.75) is 32.7 Å². The van der Waals surface area contributed by atoms with Crippen LogP contribution in [0, 0.1) is 0 Å². The highest BCUT2D eigenvalue weighted by Gasteiger charge is 2.29. The molecule has 2 rings (SSSR count). The molecule has 33 heavy (non-hydrogen) atoms. The Morgan fingerprint density at radius 1 is 1.06 bits per heavy atom. The molecule has 0 radical (unpaired) electrons. The molecule has 0 heterocycles. The Kier molecular flexibility index (Phi) is 9.72. The third-order valence-corrected chi connectivity index (χ3v) is 6.38. The first-order chi connectivity index (χ1) is 15.7. The first-order valence-corrected chi connectivity index (χ1v) is 12.7. The van der Waals surface area contributed by atoms with Crippen LogP contribution in [0.15, 0.2) is 54.6 Å². The molecular weight excluding hydrogens is 442 g/mol. The number of hydrogen-bond donors (Lipinski definition) is 1. The number of carbonyl (C=O) groups is 2. The van der Waals surface area contributed by atoms with E-state index in [9.17, 15) is 18.0 Å². The maximum absolute atomic E-state index is 13.4. The summed E-state index contributed by atoms with van der Waals surface area (Å²) in [6.45, 7) is 3.98. The molecule has 180 valence electrons. The molecule has 2 aromatic rings. The molecule has 0 fully saturated rings. The SMILES string of the molecule is CCCNC(=O)[C@H](C)N(CCc1ccccc1)C(=O)CN(c1ccc(OC)cc1)S(C)(=O)=O. The fourth-order valence-corrected chi connectivity index (χ4v) is 4.18. The van der Waals surface area contributed by atoms with Crippen LogP contribution >= 0.6 is 0 Å². The van der Waals surface area contributed by atoms with Crippen molar-refractivity contribution in [1.82, 2.24) is 10.2 Å². The highest BCUT2D eigenvalue weighted by atomic mass is 32.2. The number of hydrogen-bond acceptors (Lipinski definition) is 5. The van der Waals surface area contributed by atoms with Crippen LogP contribution < -0.4 is 14.4 Å². The van der Waals surface area contributed by atoms with E-state index in [-0.39, 0.29) is 12.5 Å². The van der Waals surface area contributed by atoms with Crippen molar-refractivity contribution in [1.29, 1.82) is 0 Å². The molecule has 0 unspecified atom stereocenters. The Hall–Kier alpha value is -3.07. The molecule has 8 nitrogen and oxygen atoms in total. The molecule has 2 aromatic carbocycles. The molecular formula is C24H33N3O5S. The Morgan fingerprint density at radius 2 is 1.70 bits per heavy atom. The minimum absolute atomic E-state index is 0.270. The van der Waals surface area contributed by atoms with Crippen LogP contribution in [-0.2, 0) is 26.0 Å². The molecule has 1 atom stereocenters. The van der Waals surface area contributed by atoms with Gasteiger partial charge in [-0.05, 0) is 49.6 Å². The Balaban J connectivity index is 2.27. The van der Waals surface area contributed by atoms with Crippen molar-refractivity contribution in [3.63, 3.8) is 0 Å². The summed E-state index contributed by atoms with van der Waals surface area (Å²) in [4.78, 5) is 27.4. The largest absolute Gasteiger partial charge is 0.497 e. The predicted octanol–water partition coefficient (Wildman–Crippen LogP) is 2.45. The van der Waals surface area contributed by atoms with Gasteiger partial charge in [0.2, 0.25) is 21.8 Å². The third-order valence-electron chi connectivity index (χ3n) is 5.24. The van der Waals surface area contributed by atoms with Gasteiger partial charge in [0, 0.05) is 13.1 Å². The molecule has 0 aliphatic rings. The summed E-state index contributed by atoms with van der Waals surface area (Å²) < 4.78 is 31.2. The van der Waals surface area contributed by atoms with Gasteiger partial charge in [-0.3, -0.25) is 13.9 Å². The number of ether oxygens (including phenoxy) is 1. The molecule has 9 heteroatoms. The molecule has 0 bridgehead atoms. The van der Waals surface area contributed by atoms with Gasteiger partial charge in [0.25, 0.3) is 0 Å². The number of methoxy groups -OCH3 is 1. The maximum atomic E-state index is 13.4. The number of benzene rings is 2. The van der Waals surface area contributed by atoms with Crippen molar-refractivity contribution < 1.29 is 22.7 Å². The van der Waals surface area contributed by atoms with Gasteiger partial charge in [-0.2, -0.15) is 0 Å². The van der Waals surface area contributed by atoms with E-state index in [2.05, 4.69) is 5.32 Å². The van der Waals surface area contributed by atoms with E-state index in [0.29, 0.717) is 24.4 Å². The maximum Gasteiger partial charge on any atom is 0.244 e. The van der Waals surface area contributed by atoms with Gasteiger partial charge >= 0.3 is 0 Å². The lowest BCUT2D eigenvalue weighted by atomic mass is 10.1. The zero-order chi connectivity index (χ0) is 24.4. The third kappa shape index (κ3) is 7.78. The second kappa shape index (κ2) is 12.2. The van der Waals surface area contributed by atoms with Crippen molar-refractivity contribution in [3.05, 3.63) is 60.2 Å². The van der Waals surface area contributed by atoms with Crippen LogP contribution in [0.3, 0.4) is 0 Å². The number of sulfonamides is 1. The lowest BCUT2D eigenvalue weighted by Gasteiger charge is -2.31. The van der Waals surface area contributed by atoms with E-state index in [1.807, 2.05) is 37.3 Å². The van der Waals surface area contributed by atoms with Gasteiger partial charge in [-0.1, -0.05) is 37.3 Å². The van der Waals surface area contributed by atoms with E-state index in [1.165, 1.54) is 12.0 Å². The first kappa shape index (κ1) is 26.2. The summed E-state index contributed by atoms with van der Waals surface area (Å²) in [7, 11) is -2.23. The van der Waals surface area contributed by atoms with Crippen LogP contribution in [0.4, 0.5) is 5.69 Å². The standard InChI is InChI=1S/C24H33N3O5S/c1-5-16-25-24(29)19(2)26(17-15-20-9-7-6-8-10-20)23(28)18-27(33(4,30)31)21-11-13-22(32-3)14-12-21/h6-14,19H,5,15-18H2,1-4H3,(H,25,29)/t19-/m0/s1. The van der Waals surface area contributed by atoms with Gasteiger partial charge in [-0.15, -0.1) is 0 Å². The zero-order valence-corrected chi connectivity index (χ0v) is 20.5. The Labute approximate surface area is 196 Å². The normalized spacial score (nSPS) is 12.0. The van der Waals surface area contributed by atoms with E-state index in [4.69, 9.17) is 4.74 Å². The van der Waals surface area contributed by atoms with Crippen LogP contribution in [0.2, 0.25) is 0 Å². The molecule has 0 saturated carbocycles. The van der Waals surface area contributed by atoms with E-state index >= 15 is 0 Å². The minimum atomic E-state index is -3.75. The molecule has 2 amide bonds. The van der Waals surface area contributed by atoms with Crippen LogP contribution in [0.1, 0.15) is 25.8 Å². The second-order valence-electron chi connectivity index (χ2n) is 7.76. The quantitative estimate of drug-likeness (QED) is 0.509. The summed E-state index contributed by atoms with van der Waals surface area (Å²) in [5.74, 6) is -0.149. The highest BCUT2D eigenvalue weighted by molar-refractivity contribution is 7.92. The van der Waals surface area contributed by atoms with Gasteiger partial charge in [-0.25, -0.2) is 8.42 Å². The minimum Gasteiger partial charge on any atom is -0.497 e. The fourth-order valence-electron chi connectivity index (χ4n) is 3.33. The average Bonchev–Trinajstić information content (AvgIpc) is 2.81. The highest BCUT2D eigenvalue weighted by Crippen LogP contribution is 2.22. The zero-order valence-electron chi connectivity index (χ0n) is 19.7. The van der Waals surface area contributed by atoms with E-state index in [1.54, 1.807) is 31.2 Å².